The molecule has 26 heavy (non-hydrogen) atoms. The van der Waals surface area contributed by atoms with Crippen molar-refractivity contribution in [1.29, 1.82) is 0 Å². The predicted molar refractivity (Wildman–Crippen MR) is 110 cm³/mol. The van der Waals surface area contributed by atoms with Crippen LogP contribution in [0.4, 0.5) is 0 Å². The first-order chi connectivity index (χ1) is 12.6. The highest BCUT2D eigenvalue weighted by Crippen LogP contribution is 2.44. The van der Waals surface area contributed by atoms with E-state index in [1.54, 1.807) is 0 Å². The average Bonchev–Trinajstić information content (AvgIpc) is 2.95. The molecule has 0 bridgehead atoms. The first-order valence-electron chi connectivity index (χ1n) is 9.28. The lowest BCUT2D eigenvalue weighted by atomic mass is 9.76. The fourth-order valence-electron chi connectivity index (χ4n) is 4.22. The van der Waals surface area contributed by atoms with Gasteiger partial charge in [-0.05, 0) is 37.5 Å². The highest BCUT2D eigenvalue weighted by Gasteiger charge is 2.42. The zero-order valence-corrected chi connectivity index (χ0v) is 16.6. The van der Waals surface area contributed by atoms with E-state index in [1.807, 2.05) is 42.5 Å². The SMILES string of the molecule is CC1=C(C(=O)c2ccccc2)C(c2ccc(Br)cc2)=NC12CCCCC2. The number of hydrogen-bond donors (Lipinski definition) is 0. The second-order valence-corrected chi connectivity index (χ2v) is 8.17. The van der Waals surface area contributed by atoms with E-state index < -0.39 is 0 Å². The Morgan fingerprint density at radius 3 is 2.27 bits per heavy atom. The molecule has 1 heterocycles. The second-order valence-electron chi connectivity index (χ2n) is 7.25. The molecule has 0 atom stereocenters. The molecule has 0 aromatic heterocycles. The molecule has 0 unspecified atom stereocenters. The molecule has 1 aliphatic heterocycles. The molecule has 1 aliphatic carbocycles. The van der Waals surface area contributed by atoms with Gasteiger partial charge in [0.2, 0.25) is 0 Å². The van der Waals surface area contributed by atoms with Crippen molar-refractivity contribution in [3.63, 3.8) is 0 Å². The Kier molecular flexibility index (Phi) is 4.66. The molecule has 2 aromatic carbocycles. The van der Waals surface area contributed by atoms with Crippen molar-refractivity contribution < 1.29 is 4.79 Å². The quantitative estimate of drug-likeness (QED) is 0.560. The topological polar surface area (TPSA) is 29.4 Å². The summed E-state index contributed by atoms with van der Waals surface area (Å²) in [5, 5.41) is 0. The van der Waals surface area contributed by atoms with Crippen molar-refractivity contribution >= 4 is 27.4 Å². The van der Waals surface area contributed by atoms with Crippen molar-refractivity contribution in [1.82, 2.24) is 0 Å². The van der Waals surface area contributed by atoms with E-state index in [4.69, 9.17) is 4.99 Å². The number of rotatable bonds is 3. The molecule has 0 radical (unpaired) electrons. The van der Waals surface area contributed by atoms with Crippen molar-refractivity contribution in [3.05, 3.63) is 81.3 Å². The van der Waals surface area contributed by atoms with Gasteiger partial charge < -0.3 is 0 Å². The third kappa shape index (κ3) is 2.99. The van der Waals surface area contributed by atoms with Gasteiger partial charge in [-0.15, -0.1) is 0 Å². The van der Waals surface area contributed by atoms with Gasteiger partial charge in [-0.3, -0.25) is 9.79 Å². The lowest BCUT2D eigenvalue weighted by Gasteiger charge is -2.32. The molecule has 1 fully saturated rings. The van der Waals surface area contributed by atoms with Crippen molar-refractivity contribution in [3.8, 4) is 0 Å². The highest BCUT2D eigenvalue weighted by atomic mass is 79.9. The molecule has 132 valence electrons. The number of Topliss-reactive ketones (excluding diaryl/α,β-unsaturated/α-hetero) is 1. The Balaban J connectivity index is 1.85. The van der Waals surface area contributed by atoms with E-state index in [2.05, 4.69) is 35.0 Å². The molecular formula is C23H22BrNO. The predicted octanol–water partition coefficient (Wildman–Crippen LogP) is 6.15. The van der Waals surface area contributed by atoms with Crippen LogP contribution in [0.25, 0.3) is 0 Å². The summed E-state index contributed by atoms with van der Waals surface area (Å²) in [5.74, 6) is 0.0900. The molecule has 2 aromatic rings. The van der Waals surface area contributed by atoms with Crippen molar-refractivity contribution in [2.45, 2.75) is 44.6 Å². The molecule has 0 amide bonds. The summed E-state index contributed by atoms with van der Waals surface area (Å²) >= 11 is 3.50. The van der Waals surface area contributed by atoms with E-state index in [9.17, 15) is 4.79 Å². The van der Waals surface area contributed by atoms with Crippen LogP contribution < -0.4 is 0 Å². The Hall–Kier alpha value is -2.00. The Bertz CT molecular complexity index is 888. The Morgan fingerprint density at radius 1 is 0.962 bits per heavy atom. The van der Waals surface area contributed by atoms with Crippen LogP contribution in [0.15, 0.2) is 75.2 Å². The van der Waals surface area contributed by atoms with Gasteiger partial charge in [0, 0.05) is 21.2 Å². The fraction of sp³-hybridized carbons (Fsp3) is 0.304. The standard InChI is InChI=1S/C23H22BrNO/c1-16-20(22(26)18-8-4-2-5-9-18)21(17-10-12-19(24)13-11-17)25-23(16)14-6-3-7-15-23/h2,4-5,8-13H,3,6-7,14-15H2,1H3. The number of benzene rings is 2. The minimum Gasteiger partial charge on any atom is -0.289 e. The maximum absolute atomic E-state index is 13.4. The van der Waals surface area contributed by atoms with E-state index >= 15 is 0 Å². The maximum atomic E-state index is 13.4. The van der Waals surface area contributed by atoms with Gasteiger partial charge in [-0.25, -0.2) is 0 Å². The van der Waals surface area contributed by atoms with E-state index in [0.29, 0.717) is 0 Å². The molecule has 4 rings (SSSR count). The fourth-order valence-corrected chi connectivity index (χ4v) is 4.48. The second kappa shape index (κ2) is 6.96. The zero-order chi connectivity index (χ0) is 18.1. The zero-order valence-electron chi connectivity index (χ0n) is 15.0. The van der Waals surface area contributed by atoms with Crippen LogP contribution in [0, 0.1) is 0 Å². The highest BCUT2D eigenvalue weighted by molar-refractivity contribution is 9.10. The largest absolute Gasteiger partial charge is 0.289 e. The molecule has 0 saturated heterocycles. The Morgan fingerprint density at radius 2 is 1.62 bits per heavy atom. The van der Waals surface area contributed by atoms with Gasteiger partial charge in [-0.1, -0.05) is 77.7 Å². The summed E-state index contributed by atoms with van der Waals surface area (Å²) in [5.41, 5.74) is 4.41. The van der Waals surface area contributed by atoms with Gasteiger partial charge >= 0.3 is 0 Å². The number of nitrogens with zero attached hydrogens (tertiary/aromatic N) is 1. The van der Waals surface area contributed by atoms with E-state index in [-0.39, 0.29) is 11.3 Å². The van der Waals surface area contributed by atoms with Crippen LogP contribution in [0.5, 0.6) is 0 Å². The van der Waals surface area contributed by atoms with Gasteiger partial charge in [0.15, 0.2) is 5.78 Å². The number of carbonyl (C=O) groups is 1. The number of allylic oxidation sites excluding steroid dienone is 1. The summed E-state index contributed by atoms with van der Waals surface area (Å²) in [4.78, 5) is 18.6. The molecule has 3 heteroatoms. The van der Waals surface area contributed by atoms with Crippen LogP contribution >= 0.6 is 15.9 Å². The third-order valence-corrected chi connectivity index (χ3v) is 6.23. The van der Waals surface area contributed by atoms with E-state index in [0.717, 1.165) is 45.3 Å². The number of hydrogen-bond acceptors (Lipinski definition) is 2. The van der Waals surface area contributed by atoms with Gasteiger partial charge in [0.1, 0.15) is 0 Å². The lowest BCUT2D eigenvalue weighted by molar-refractivity contribution is 0.103. The van der Waals surface area contributed by atoms with Crippen molar-refractivity contribution in [2.75, 3.05) is 0 Å². The summed E-state index contributed by atoms with van der Waals surface area (Å²) in [6.07, 6.45) is 5.72. The molecule has 2 aliphatic rings. The number of ketones is 1. The van der Waals surface area contributed by atoms with Gasteiger partial charge in [0.05, 0.1) is 11.3 Å². The summed E-state index contributed by atoms with van der Waals surface area (Å²) in [7, 11) is 0. The Labute approximate surface area is 163 Å². The minimum absolute atomic E-state index is 0.0900. The van der Waals surface area contributed by atoms with Crippen molar-refractivity contribution in [2.24, 2.45) is 4.99 Å². The molecular weight excluding hydrogens is 386 g/mol. The summed E-state index contributed by atoms with van der Waals surface area (Å²) in [6.45, 7) is 2.12. The normalized spacial score (nSPS) is 18.9. The first kappa shape index (κ1) is 17.4. The smallest absolute Gasteiger partial charge is 0.195 e. The first-order valence-corrected chi connectivity index (χ1v) is 10.1. The number of carbonyl (C=O) groups excluding carboxylic acids is 1. The number of halogens is 1. The average molecular weight is 408 g/mol. The minimum atomic E-state index is -0.180. The monoisotopic (exact) mass is 407 g/mol. The molecule has 2 nitrogen and oxygen atoms in total. The van der Waals surface area contributed by atoms with E-state index in [1.165, 1.54) is 19.3 Å². The molecule has 1 spiro atoms. The van der Waals surface area contributed by atoms with Crippen LogP contribution in [0.3, 0.4) is 0 Å². The maximum Gasteiger partial charge on any atom is 0.195 e. The molecule has 1 saturated carbocycles. The lowest BCUT2D eigenvalue weighted by Crippen LogP contribution is -2.29. The number of aliphatic imine (C=N–C) groups is 1. The van der Waals surface area contributed by atoms with Crippen LogP contribution in [-0.4, -0.2) is 17.0 Å². The van der Waals surface area contributed by atoms with Gasteiger partial charge in [-0.2, -0.15) is 0 Å². The van der Waals surface area contributed by atoms with Gasteiger partial charge in [0.25, 0.3) is 0 Å². The summed E-state index contributed by atoms with van der Waals surface area (Å²) < 4.78 is 1.03. The van der Waals surface area contributed by atoms with Crippen LogP contribution in [0.2, 0.25) is 0 Å². The van der Waals surface area contributed by atoms with Crippen LogP contribution in [0.1, 0.15) is 54.9 Å². The van der Waals surface area contributed by atoms with Crippen LogP contribution in [-0.2, 0) is 0 Å². The third-order valence-electron chi connectivity index (χ3n) is 5.70. The summed E-state index contributed by atoms with van der Waals surface area (Å²) in [6, 6.07) is 17.7. The molecule has 0 N–H and O–H groups in total.